The van der Waals surface area contributed by atoms with Crippen molar-refractivity contribution >= 4 is 23.2 Å². The molecule has 2 rings (SSSR count). The fourth-order valence-corrected chi connectivity index (χ4v) is 2.44. The molecule has 6 heteroatoms. The molecule has 0 saturated carbocycles. The van der Waals surface area contributed by atoms with Crippen LogP contribution in [-0.4, -0.2) is 23.6 Å². The second-order valence-electron chi connectivity index (χ2n) is 4.40. The van der Waals surface area contributed by atoms with E-state index < -0.39 is 5.97 Å². The van der Waals surface area contributed by atoms with Gasteiger partial charge < -0.3 is 15.2 Å². The summed E-state index contributed by atoms with van der Waals surface area (Å²) in [6.07, 6.45) is 0. The van der Waals surface area contributed by atoms with Crippen LogP contribution in [0.15, 0.2) is 35.7 Å². The first-order valence-electron chi connectivity index (χ1n) is 6.32. The minimum absolute atomic E-state index is 0.0565. The summed E-state index contributed by atoms with van der Waals surface area (Å²) in [7, 11) is 0. The molecule has 1 aromatic heterocycles. The van der Waals surface area contributed by atoms with E-state index in [1.165, 1.54) is 6.07 Å². The number of benzene rings is 1. The summed E-state index contributed by atoms with van der Waals surface area (Å²) in [4.78, 5) is 23.9. The van der Waals surface area contributed by atoms with Crippen molar-refractivity contribution < 1.29 is 19.4 Å². The van der Waals surface area contributed by atoms with E-state index in [4.69, 9.17) is 9.84 Å². The van der Waals surface area contributed by atoms with Gasteiger partial charge in [-0.25, -0.2) is 4.79 Å². The molecule has 1 amide bonds. The van der Waals surface area contributed by atoms with Crippen LogP contribution >= 0.6 is 11.3 Å². The summed E-state index contributed by atoms with van der Waals surface area (Å²) in [5, 5.41) is 13.8. The molecule has 1 aromatic carbocycles. The first-order valence-corrected chi connectivity index (χ1v) is 7.20. The molecule has 0 aliphatic heterocycles. The number of carbonyl (C=O) groups is 2. The number of carboxylic acid groups (broad SMARTS) is 1. The highest BCUT2D eigenvalue weighted by Gasteiger charge is 2.14. The predicted octanol–water partition coefficient (Wildman–Crippen LogP) is 2.45. The minimum atomic E-state index is -1.08. The van der Waals surface area contributed by atoms with Gasteiger partial charge in [0.1, 0.15) is 11.3 Å². The first-order chi connectivity index (χ1) is 10.1. The monoisotopic (exact) mass is 305 g/mol. The Bertz CT molecular complexity index is 637. The third-order valence-electron chi connectivity index (χ3n) is 2.83. The summed E-state index contributed by atoms with van der Waals surface area (Å²) < 4.78 is 5.37. The summed E-state index contributed by atoms with van der Waals surface area (Å²) in [5.41, 5.74) is 0.738. The van der Waals surface area contributed by atoms with E-state index in [9.17, 15) is 9.59 Å². The van der Waals surface area contributed by atoms with Crippen LogP contribution in [0, 0.1) is 6.92 Å². The molecule has 0 fully saturated rings. The molecule has 21 heavy (non-hydrogen) atoms. The van der Waals surface area contributed by atoms with E-state index in [1.54, 1.807) is 30.4 Å². The molecule has 0 saturated heterocycles. The highest BCUT2D eigenvalue weighted by atomic mass is 32.1. The van der Waals surface area contributed by atoms with Crippen molar-refractivity contribution in [1.29, 1.82) is 0 Å². The number of hydrogen-bond acceptors (Lipinski definition) is 4. The highest BCUT2D eigenvalue weighted by Crippen LogP contribution is 2.23. The van der Waals surface area contributed by atoms with E-state index in [1.807, 2.05) is 17.5 Å². The van der Waals surface area contributed by atoms with Gasteiger partial charge in [0.25, 0.3) is 5.91 Å². The van der Waals surface area contributed by atoms with Crippen LogP contribution < -0.4 is 10.1 Å². The standard InChI is InChI=1S/C15H15NO4S/c1-10-4-2-6-12(15(18)19)14(10)20-9-13(17)16-8-11-5-3-7-21-11/h2-7H,8-9H2,1H3,(H,16,17)(H,18,19). The highest BCUT2D eigenvalue weighted by molar-refractivity contribution is 7.09. The van der Waals surface area contributed by atoms with Gasteiger partial charge in [-0.15, -0.1) is 11.3 Å². The lowest BCUT2D eigenvalue weighted by atomic mass is 10.1. The number of nitrogens with one attached hydrogen (secondary N) is 1. The van der Waals surface area contributed by atoms with E-state index in [0.29, 0.717) is 12.1 Å². The fourth-order valence-electron chi connectivity index (χ4n) is 1.80. The number of hydrogen-bond donors (Lipinski definition) is 2. The van der Waals surface area contributed by atoms with E-state index in [-0.39, 0.29) is 23.8 Å². The molecule has 0 radical (unpaired) electrons. The van der Waals surface area contributed by atoms with Crippen molar-refractivity contribution in [3.63, 3.8) is 0 Å². The second kappa shape index (κ2) is 6.90. The lowest BCUT2D eigenvalue weighted by molar-refractivity contribution is -0.123. The lowest BCUT2D eigenvalue weighted by Gasteiger charge is -2.11. The fraction of sp³-hybridized carbons (Fsp3) is 0.200. The number of ether oxygens (including phenoxy) is 1. The van der Waals surface area contributed by atoms with E-state index in [0.717, 1.165) is 4.88 Å². The molecule has 0 unspecified atom stereocenters. The first kappa shape index (κ1) is 15.1. The van der Waals surface area contributed by atoms with E-state index >= 15 is 0 Å². The maximum absolute atomic E-state index is 11.7. The van der Waals surface area contributed by atoms with Gasteiger partial charge in [-0.1, -0.05) is 18.2 Å². The molecule has 0 atom stereocenters. The van der Waals surface area contributed by atoms with Crippen molar-refractivity contribution in [2.24, 2.45) is 0 Å². The number of aryl methyl sites for hydroxylation is 1. The van der Waals surface area contributed by atoms with Crippen LogP contribution in [0.3, 0.4) is 0 Å². The number of rotatable bonds is 6. The Hall–Kier alpha value is -2.34. The Kier molecular flexibility index (Phi) is 4.94. The molecule has 0 spiro atoms. The largest absolute Gasteiger partial charge is 0.483 e. The molecular formula is C15H15NO4S. The van der Waals surface area contributed by atoms with Gasteiger partial charge in [0.15, 0.2) is 6.61 Å². The third kappa shape index (κ3) is 4.06. The van der Waals surface area contributed by atoms with Crippen LogP contribution in [-0.2, 0) is 11.3 Å². The molecule has 2 aromatic rings. The lowest BCUT2D eigenvalue weighted by Crippen LogP contribution is -2.28. The predicted molar refractivity (Wildman–Crippen MR) is 79.8 cm³/mol. The molecule has 2 N–H and O–H groups in total. The Morgan fingerprint density at radius 3 is 2.76 bits per heavy atom. The van der Waals surface area contributed by atoms with Gasteiger partial charge >= 0.3 is 5.97 Å². The summed E-state index contributed by atoms with van der Waals surface area (Å²) in [6.45, 7) is 1.97. The van der Waals surface area contributed by atoms with Crippen LogP contribution in [0.4, 0.5) is 0 Å². The Morgan fingerprint density at radius 1 is 1.29 bits per heavy atom. The van der Waals surface area contributed by atoms with Crippen molar-refractivity contribution in [2.75, 3.05) is 6.61 Å². The summed E-state index contributed by atoms with van der Waals surface area (Å²) in [6, 6.07) is 8.67. The molecule has 0 aliphatic carbocycles. The smallest absolute Gasteiger partial charge is 0.339 e. The normalized spacial score (nSPS) is 10.1. The van der Waals surface area contributed by atoms with Crippen molar-refractivity contribution in [3.05, 3.63) is 51.7 Å². The number of aromatic carboxylic acids is 1. The molecule has 0 bridgehead atoms. The maximum Gasteiger partial charge on any atom is 0.339 e. The summed E-state index contributed by atoms with van der Waals surface area (Å²) in [5.74, 6) is -1.13. The van der Waals surface area contributed by atoms with Crippen molar-refractivity contribution in [2.45, 2.75) is 13.5 Å². The minimum Gasteiger partial charge on any atom is -0.483 e. The SMILES string of the molecule is Cc1cccc(C(=O)O)c1OCC(=O)NCc1cccs1. The number of carboxylic acids is 1. The second-order valence-corrected chi connectivity index (χ2v) is 5.43. The quantitative estimate of drug-likeness (QED) is 0.859. The molecule has 0 aliphatic rings. The van der Waals surface area contributed by atoms with Crippen molar-refractivity contribution in [3.8, 4) is 5.75 Å². The zero-order chi connectivity index (χ0) is 15.2. The zero-order valence-corrected chi connectivity index (χ0v) is 12.3. The van der Waals surface area contributed by atoms with Gasteiger partial charge in [0.05, 0.1) is 6.54 Å². The zero-order valence-electron chi connectivity index (χ0n) is 11.5. The van der Waals surface area contributed by atoms with Gasteiger partial charge in [-0.2, -0.15) is 0 Å². The van der Waals surface area contributed by atoms with Crippen LogP contribution in [0.5, 0.6) is 5.75 Å². The Morgan fingerprint density at radius 2 is 2.10 bits per heavy atom. The molecule has 5 nitrogen and oxygen atoms in total. The third-order valence-corrected chi connectivity index (χ3v) is 3.71. The molecule has 110 valence electrons. The topological polar surface area (TPSA) is 75.6 Å². The van der Waals surface area contributed by atoms with Gasteiger partial charge in [-0.3, -0.25) is 4.79 Å². The number of thiophene rings is 1. The van der Waals surface area contributed by atoms with Gasteiger partial charge in [0.2, 0.25) is 0 Å². The van der Waals surface area contributed by atoms with Crippen LogP contribution in [0.25, 0.3) is 0 Å². The molecular weight excluding hydrogens is 290 g/mol. The number of amides is 1. The Balaban J connectivity index is 1.93. The number of carbonyl (C=O) groups excluding carboxylic acids is 1. The molecule has 1 heterocycles. The van der Waals surface area contributed by atoms with E-state index in [2.05, 4.69) is 5.32 Å². The Labute approximate surface area is 126 Å². The average Bonchev–Trinajstić information content (AvgIpc) is 2.96. The van der Waals surface area contributed by atoms with Gasteiger partial charge in [0, 0.05) is 4.88 Å². The van der Waals surface area contributed by atoms with Gasteiger partial charge in [-0.05, 0) is 30.0 Å². The summed E-state index contributed by atoms with van der Waals surface area (Å²) >= 11 is 1.55. The van der Waals surface area contributed by atoms with Crippen LogP contribution in [0.1, 0.15) is 20.8 Å². The maximum atomic E-state index is 11.7. The number of para-hydroxylation sites is 1. The van der Waals surface area contributed by atoms with Crippen LogP contribution in [0.2, 0.25) is 0 Å². The average molecular weight is 305 g/mol. The van der Waals surface area contributed by atoms with Crippen molar-refractivity contribution in [1.82, 2.24) is 5.32 Å².